The van der Waals surface area contributed by atoms with Crippen molar-refractivity contribution in [2.75, 3.05) is 0 Å². The molecule has 0 saturated heterocycles. The van der Waals surface area contributed by atoms with Gasteiger partial charge in [-0.05, 0) is 70.0 Å². The van der Waals surface area contributed by atoms with Crippen molar-refractivity contribution >= 4 is 16.7 Å². The molecule has 5 nitrogen and oxygen atoms in total. The van der Waals surface area contributed by atoms with Crippen LogP contribution in [-0.2, 0) is 11.1 Å². The van der Waals surface area contributed by atoms with Crippen molar-refractivity contribution in [2.24, 2.45) is 5.92 Å². The minimum absolute atomic E-state index is 0.0357. The zero-order valence-corrected chi connectivity index (χ0v) is 25.6. The van der Waals surface area contributed by atoms with Crippen LogP contribution in [0, 0.1) is 5.92 Å². The zero-order chi connectivity index (χ0) is 31.0. The van der Waals surface area contributed by atoms with Gasteiger partial charge in [0, 0.05) is 17.8 Å². The normalized spacial score (nSPS) is 14.8. The lowest BCUT2D eigenvalue weighted by atomic mass is 9.76. The van der Waals surface area contributed by atoms with Gasteiger partial charge in [-0.1, -0.05) is 123 Å². The maximum atomic E-state index is 12.7. The first kappa shape index (κ1) is 28.8. The Bertz CT molecular complexity index is 1850. The van der Waals surface area contributed by atoms with Crippen molar-refractivity contribution < 1.29 is 9.90 Å². The van der Waals surface area contributed by atoms with Crippen LogP contribution in [0.2, 0.25) is 0 Å². The molecule has 224 valence electrons. The van der Waals surface area contributed by atoms with Crippen LogP contribution in [0.4, 0.5) is 0 Å². The minimum atomic E-state index is -1.36. The van der Waals surface area contributed by atoms with Gasteiger partial charge in [-0.25, -0.2) is 4.98 Å². The summed E-state index contributed by atoms with van der Waals surface area (Å²) >= 11 is 0. The molecule has 0 spiro atoms. The fourth-order valence-electron chi connectivity index (χ4n) is 6.59. The number of aromatic nitrogens is 2. The first-order valence-corrected chi connectivity index (χ1v) is 15.7. The summed E-state index contributed by atoms with van der Waals surface area (Å²) in [6.45, 7) is 4.04. The van der Waals surface area contributed by atoms with E-state index in [-0.39, 0.29) is 11.8 Å². The topological polar surface area (TPSA) is 67.2 Å². The van der Waals surface area contributed by atoms with Crippen molar-refractivity contribution in [3.63, 3.8) is 0 Å². The molecule has 6 aromatic rings. The Labute approximate surface area is 264 Å². The summed E-state index contributed by atoms with van der Waals surface area (Å²) in [7, 11) is 0. The third-order valence-electron chi connectivity index (χ3n) is 9.23. The maximum Gasteiger partial charge on any atom is 0.251 e. The lowest BCUT2D eigenvalue weighted by Gasteiger charge is -2.37. The molecule has 0 aliphatic heterocycles. The highest BCUT2D eigenvalue weighted by atomic mass is 16.3. The molecule has 1 amide bonds. The highest BCUT2D eigenvalue weighted by Crippen LogP contribution is 2.43. The molecule has 1 heterocycles. The van der Waals surface area contributed by atoms with Gasteiger partial charge in [0.05, 0.1) is 12.0 Å². The Morgan fingerprint density at radius 3 is 1.82 bits per heavy atom. The molecule has 1 fully saturated rings. The number of amides is 1. The highest BCUT2D eigenvalue weighted by molar-refractivity contribution is 5.99. The van der Waals surface area contributed by atoms with Crippen LogP contribution < -0.4 is 5.32 Å². The average molecular weight is 592 g/mol. The van der Waals surface area contributed by atoms with Gasteiger partial charge in [-0.2, -0.15) is 0 Å². The predicted molar refractivity (Wildman–Crippen MR) is 179 cm³/mol. The molecular weight excluding hydrogens is 554 g/mol. The van der Waals surface area contributed by atoms with E-state index < -0.39 is 11.1 Å². The number of nitrogens with one attached hydrogen (secondary N) is 1. The fraction of sp³-hybridized carbons (Fsp3) is 0.200. The van der Waals surface area contributed by atoms with Gasteiger partial charge in [-0.3, -0.25) is 4.79 Å². The lowest BCUT2D eigenvalue weighted by Crippen LogP contribution is -2.37. The molecule has 1 aliphatic rings. The lowest BCUT2D eigenvalue weighted by molar-refractivity contribution is 0.0279. The molecule has 1 aromatic heterocycles. The van der Waals surface area contributed by atoms with E-state index >= 15 is 0 Å². The molecule has 1 aliphatic carbocycles. The predicted octanol–water partition coefficient (Wildman–Crippen LogP) is 7.66. The number of nitrogens with zero attached hydrogens (tertiary/aromatic N) is 2. The van der Waals surface area contributed by atoms with Crippen molar-refractivity contribution in [1.82, 2.24) is 14.9 Å². The van der Waals surface area contributed by atoms with Gasteiger partial charge in [0.25, 0.3) is 5.91 Å². The second-order valence-corrected chi connectivity index (χ2v) is 12.4. The first-order valence-electron chi connectivity index (χ1n) is 15.7. The number of imidazole rings is 1. The zero-order valence-electron chi connectivity index (χ0n) is 25.6. The molecule has 1 saturated carbocycles. The Kier molecular flexibility index (Phi) is 7.34. The maximum absolute atomic E-state index is 12.7. The summed E-state index contributed by atoms with van der Waals surface area (Å²) in [5, 5.41) is 17.6. The van der Waals surface area contributed by atoms with Gasteiger partial charge in [-0.15, -0.1) is 0 Å². The van der Waals surface area contributed by atoms with Crippen molar-refractivity contribution in [1.29, 1.82) is 0 Å². The van der Waals surface area contributed by atoms with Crippen molar-refractivity contribution in [3.05, 3.63) is 173 Å². The fourth-order valence-corrected chi connectivity index (χ4v) is 6.59. The molecule has 5 heteroatoms. The standard InChI is InChI=1S/C40H37N3O2/c1-28(2)40(45,35-21-20-29-24-31(19-18-30(29)25-35)38(44)42-36-22-23-36)37-26-43(27-41-37)39(32-12-6-3-7-13-32,33-14-8-4-9-15-33)34-16-10-5-11-17-34/h3-21,24-28,36,45H,22-23H2,1-2H3,(H,42,44). The van der Waals surface area contributed by atoms with Crippen LogP contribution in [0.5, 0.6) is 0 Å². The van der Waals surface area contributed by atoms with E-state index in [4.69, 9.17) is 4.98 Å². The third kappa shape index (κ3) is 5.03. The van der Waals surface area contributed by atoms with Gasteiger partial charge in [0.2, 0.25) is 0 Å². The number of hydrogen-bond donors (Lipinski definition) is 2. The summed E-state index contributed by atoms with van der Waals surface area (Å²) in [6, 6.07) is 43.4. The van der Waals surface area contributed by atoms with E-state index in [1.165, 1.54) is 0 Å². The summed E-state index contributed by atoms with van der Waals surface area (Å²) in [5.74, 6) is -0.215. The summed E-state index contributed by atoms with van der Waals surface area (Å²) in [4.78, 5) is 17.6. The van der Waals surface area contributed by atoms with E-state index in [0.717, 1.165) is 45.9 Å². The monoisotopic (exact) mass is 591 g/mol. The number of aliphatic hydroxyl groups is 1. The molecule has 0 bridgehead atoms. The molecule has 5 aromatic carbocycles. The van der Waals surface area contributed by atoms with E-state index in [1.54, 1.807) is 0 Å². The van der Waals surface area contributed by atoms with Gasteiger partial charge in [0.1, 0.15) is 11.1 Å². The number of benzene rings is 5. The molecule has 2 N–H and O–H groups in total. The number of carbonyl (C=O) groups is 1. The number of rotatable bonds is 9. The molecular formula is C40H37N3O2. The van der Waals surface area contributed by atoms with E-state index in [9.17, 15) is 9.90 Å². The Morgan fingerprint density at radius 1 is 0.756 bits per heavy atom. The quantitative estimate of drug-likeness (QED) is 0.170. The third-order valence-corrected chi connectivity index (χ3v) is 9.23. The Balaban J connectivity index is 1.36. The largest absolute Gasteiger partial charge is 0.378 e. The smallest absolute Gasteiger partial charge is 0.251 e. The molecule has 0 radical (unpaired) electrons. The molecule has 1 atom stereocenters. The molecule has 45 heavy (non-hydrogen) atoms. The van der Waals surface area contributed by atoms with E-state index in [0.29, 0.717) is 17.3 Å². The summed E-state index contributed by atoms with van der Waals surface area (Å²) < 4.78 is 2.14. The summed E-state index contributed by atoms with van der Waals surface area (Å²) in [6.07, 6.45) is 5.95. The number of hydrogen-bond acceptors (Lipinski definition) is 3. The van der Waals surface area contributed by atoms with Gasteiger partial charge in [0.15, 0.2) is 0 Å². The second kappa shape index (κ2) is 11.5. The van der Waals surface area contributed by atoms with Crippen LogP contribution in [0.3, 0.4) is 0 Å². The Morgan fingerprint density at radius 2 is 1.29 bits per heavy atom. The van der Waals surface area contributed by atoms with Crippen LogP contribution >= 0.6 is 0 Å². The summed E-state index contributed by atoms with van der Waals surface area (Å²) in [5.41, 5.74) is 3.16. The van der Waals surface area contributed by atoms with Gasteiger partial charge < -0.3 is 15.0 Å². The molecule has 7 rings (SSSR count). The minimum Gasteiger partial charge on any atom is -0.378 e. The second-order valence-electron chi connectivity index (χ2n) is 12.4. The van der Waals surface area contributed by atoms with Crippen LogP contribution in [-0.4, -0.2) is 26.6 Å². The molecule has 1 unspecified atom stereocenters. The number of carbonyl (C=O) groups excluding carboxylic acids is 1. The van der Waals surface area contributed by atoms with Crippen molar-refractivity contribution in [2.45, 2.75) is 43.9 Å². The van der Waals surface area contributed by atoms with Gasteiger partial charge >= 0.3 is 0 Å². The first-order chi connectivity index (χ1) is 21.9. The van der Waals surface area contributed by atoms with Crippen LogP contribution in [0.25, 0.3) is 10.8 Å². The Hall–Kier alpha value is -5.00. The number of fused-ring (bicyclic) bond motifs is 1. The van der Waals surface area contributed by atoms with Crippen LogP contribution in [0.15, 0.2) is 140 Å². The highest BCUT2D eigenvalue weighted by Gasteiger charge is 2.42. The average Bonchev–Trinajstić information content (AvgIpc) is 3.77. The van der Waals surface area contributed by atoms with E-state index in [1.807, 2.05) is 81.0 Å². The van der Waals surface area contributed by atoms with E-state index in [2.05, 4.69) is 82.7 Å². The van der Waals surface area contributed by atoms with Crippen LogP contribution in [0.1, 0.15) is 65.0 Å². The SMILES string of the molecule is CC(C)C(O)(c1ccc2cc(C(=O)NC3CC3)ccc2c1)c1cn(C(c2ccccc2)(c2ccccc2)c2ccccc2)cn1. The van der Waals surface area contributed by atoms with Crippen molar-refractivity contribution in [3.8, 4) is 0 Å².